The van der Waals surface area contributed by atoms with E-state index in [0.717, 1.165) is 21.2 Å². The van der Waals surface area contributed by atoms with Crippen molar-refractivity contribution in [3.63, 3.8) is 0 Å². The summed E-state index contributed by atoms with van der Waals surface area (Å²) in [6, 6.07) is 17.9. The maximum Gasteiger partial charge on any atom is 0.295 e. The van der Waals surface area contributed by atoms with Crippen LogP contribution in [0.2, 0.25) is 0 Å². The largest absolute Gasteiger partial charge is 0.497 e. The molecule has 0 saturated heterocycles. The lowest BCUT2D eigenvalue weighted by atomic mass is 9.97. The van der Waals surface area contributed by atoms with E-state index in [1.807, 2.05) is 68.4 Å². The fourth-order valence-corrected chi connectivity index (χ4v) is 4.66. The molecule has 4 aromatic rings. The number of anilines is 1. The van der Waals surface area contributed by atoms with Crippen LogP contribution < -0.4 is 15.1 Å². The Morgan fingerprint density at radius 1 is 0.969 bits per heavy atom. The molecule has 1 aliphatic heterocycles. The van der Waals surface area contributed by atoms with Crippen LogP contribution in [0.3, 0.4) is 0 Å². The first-order valence-corrected chi connectivity index (χ1v) is 11.0. The molecule has 6 heteroatoms. The number of methoxy groups -OCH3 is 1. The van der Waals surface area contributed by atoms with Crippen LogP contribution in [0, 0.1) is 13.8 Å². The maximum absolute atomic E-state index is 13.7. The van der Waals surface area contributed by atoms with Gasteiger partial charge in [-0.1, -0.05) is 34.1 Å². The van der Waals surface area contributed by atoms with Gasteiger partial charge >= 0.3 is 0 Å². The highest BCUT2D eigenvalue weighted by molar-refractivity contribution is 9.10. The van der Waals surface area contributed by atoms with Crippen molar-refractivity contribution in [1.82, 2.24) is 0 Å². The van der Waals surface area contributed by atoms with Crippen molar-refractivity contribution in [2.24, 2.45) is 0 Å². The lowest BCUT2D eigenvalue weighted by Gasteiger charge is -2.25. The van der Waals surface area contributed by atoms with Gasteiger partial charge in [0.25, 0.3) is 5.91 Å². The summed E-state index contributed by atoms with van der Waals surface area (Å²) in [7, 11) is 1.58. The van der Waals surface area contributed by atoms with Gasteiger partial charge in [0.05, 0.1) is 24.1 Å². The number of rotatable bonds is 3. The Labute approximate surface area is 193 Å². The number of hydrogen-bond acceptors (Lipinski definition) is 4. The molecule has 0 N–H and O–H groups in total. The highest BCUT2D eigenvalue weighted by Gasteiger charge is 2.43. The van der Waals surface area contributed by atoms with E-state index in [4.69, 9.17) is 9.15 Å². The predicted molar refractivity (Wildman–Crippen MR) is 128 cm³/mol. The molecule has 0 radical (unpaired) electrons. The summed E-state index contributed by atoms with van der Waals surface area (Å²) in [5.41, 5.74) is 4.02. The Balaban J connectivity index is 1.83. The van der Waals surface area contributed by atoms with Gasteiger partial charge in [0, 0.05) is 16.2 Å². The van der Waals surface area contributed by atoms with Crippen molar-refractivity contribution in [3.8, 4) is 5.75 Å². The first kappa shape index (κ1) is 20.5. The number of amides is 1. The average Bonchev–Trinajstić information content (AvgIpc) is 3.08. The molecule has 5 nitrogen and oxygen atoms in total. The molecular weight excluding hydrogens is 470 g/mol. The number of benzene rings is 3. The smallest absolute Gasteiger partial charge is 0.295 e. The quantitative estimate of drug-likeness (QED) is 0.357. The first-order valence-electron chi connectivity index (χ1n) is 10.2. The molecule has 1 amide bonds. The molecule has 1 atom stereocenters. The number of carbonyl (C=O) groups is 1. The van der Waals surface area contributed by atoms with E-state index in [0.29, 0.717) is 28.0 Å². The summed E-state index contributed by atoms with van der Waals surface area (Å²) in [5.74, 6) is 0.351. The number of ether oxygens (including phenoxy) is 1. The van der Waals surface area contributed by atoms with Gasteiger partial charge in [-0.3, -0.25) is 14.5 Å². The normalized spacial score (nSPS) is 15.3. The summed E-state index contributed by atoms with van der Waals surface area (Å²) in [5, 5.41) is 0.479. The van der Waals surface area contributed by atoms with Crippen molar-refractivity contribution in [2.45, 2.75) is 19.9 Å². The Morgan fingerprint density at radius 3 is 2.47 bits per heavy atom. The molecule has 0 fully saturated rings. The molecule has 32 heavy (non-hydrogen) atoms. The standard InChI is InChI=1S/C26H20BrNO4/c1-14-10-20-21(11-15(14)2)32-25-22(24(20)29)23(16-6-4-7-17(27)12-16)28(26(25)30)18-8-5-9-19(13-18)31-3/h4-13,23H,1-3H3. The third-order valence-electron chi connectivity index (χ3n) is 5.98. The fraction of sp³-hybridized carbons (Fsp3) is 0.154. The van der Waals surface area contributed by atoms with Crippen molar-refractivity contribution in [3.05, 3.63) is 103 Å². The van der Waals surface area contributed by atoms with Gasteiger partial charge in [-0.2, -0.15) is 0 Å². The van der Waals surface area contributed by atoms with Gasteiger partial charge in [0.2, 0.25) is 5.76 Å². The zero-order chi connectivity index (χ0) is 22.6. The van der Waals surface area contributed by atoms with Gasteiger partial charge in [-0.15, -0.1) is 0 Å². The van der Waals surface area contributed by atoms with Crippen LogP contribution in [0.5, 0.6) is 5.75 Å². The molecule has 0 saturated carbocycles. The zero-order valence-electron chi connectivity index (χ0n) is 17.8. The van der Waals surface area contributed by atoms with E-state index in [2.05, 4.69) is 15.9 Å². The van der Waals surface area contributed by atoms with E-state index >= 15 is 0 Å². The molecule has 0 spiro atoms. The van der Waals surface area contributed by atoms with Crippen molar-refractivity contribution in [1.29, 1.82) is 0 Å². The Kier molecular flexibility index (Phi) is 4.90. The second-order valence-electron chi connectivity index (χ2n) is 7.94. The van der Waals surface area contributed by atoms with E-state index in [9.17, 15) is 9.59 Å². The summed E-state index contributed by atoms with van der Waals surface area (Å²) >= 11 is 3.51. The predicted octanol–water partition coefficient (Wildman–Crippen LogP) is 5.93. The zero-order valence-corrected chi connectivity index (χ0v) is 19.4. The number of aryl methyl sites for hydroxylation is 2. The van der Waals surface area contributed by atoms with Crippen LogP contribution in [-0.4, -0.2) is 13.0 Å². The lowest BCUT2D eigenvalue weighted by Crippen LogP contribution is -2.29. The minimum Gasteiger partial charge on any atom is -0.497 e. The topological polar surface area (TPSA) is 59.8 Å². The second kappa shape index (κ2) is 7.64. The van der Waals surface area contributed by atoms with Gasteiger partial charge in [-0.05, 0) is 66.9 Å². The minimum absolute atomic E-state index is 0.0820. The van der Waals surface area contributed by atoms with E-state index < -0.39 is 6.04 Å². The van der Waals surface area contributed by atoms with Crippen molar-refractivity contribution in [2.75, 3.05) is 12.0 Å². The third kappa shape index (κ3) is 3.14. The SMILES string of the molecule is COc1cccc(N2C(=O)c3oc4cc(C)c(C)cc4c(=O)c3C2c2cccc(Br)c2)c1. The monoisotopic (exact) mass is 489 g/mol. The molecule has 1 aromatic heterocycles. The lowest BCUT2D eigenvalue weighted by molar-refractivity contribution is 0.0971. The number of halogens is 1. The van der Waals surface area contributed by atoms with Crippen LogP contribution in [0.1, 0.15) is 38.9 Å². The summed E-state index contributed by atoms with van der Waals surface area (Å²) in [4.78, 5) is 29.0. The van der Waals surface area contributed by atoms with E-state index in [-0.39, 0.29) is 17.1 Å². The third-order valence-corrected chi connectivity index (χ3v) is 6.48. The Morgan fingerprint density at radius 2 is 1.72 bits per heavy atom. The van der Waals surface area contributed by atoms with Crippen LogP contribution >= 0.6 is 15.9 Å². The molecule has 0 aliphatic carbocycles. The van der Waals surface area contributed by atoms with Gasteiger partial charge in [0.1, 0.15) is 11.3 Å². The fourth-order valence-electron chi connectivity index (χ4n) is 4.25. The second-order valence-corrected chi connectivity index (χ2v) is 8.86. The van der Waals surface area contributed by atoms with Crippen LogP contribution in [0.15, 0.2) is 74.3 Å². The Hall–Kier alpha value is -3.38. The van der Waals surface area contributed by atoms with E-state index in [1.54, 1.807) is 18.1 Å². The van der Waals surface area contributed by atoms with Gasteiger partial charge in [0.15, 0.2) is 5.43 Å². The number of carbonyl (C=O) groups excluding carboxylic acids is 1. The van der Waals surface area contributed by atoms with Gasteiger partial charge in [-0.25, -0.2) is 0 Å². The first-order chi connectivity index (χ1) is 15.4. The molecule has 0 bridgehead atoms. The molecule has 160 valence electrons. The summed E-state index contributed by atoms with van der Waals surface area (Å²) in [6.45, 7) is 3.91. The molecular formula is C26H20BrNO4. The van der Waals surface area contributed by atoms with E-state index in [1.165, 1.54) is 0 Å². The van der Waals surface area contributed by atoms with Crippen LogP contribution in [0.25, 0.3) is 11.0 Å². The number of hydrogen-bond donors (Lipinski definition) is 0. The van der Waals surface area contributed by atoms with Crippen molar-refractivity contribution >= 4 is 38.5 Å². The highest BCUT2D eigenvalue weighted by Crippen LogP contribution is 2.42. The highest BCUT2D eigenvalue weighted by atomic mass is 79.9. The molecule has 2 heterocycles. The summed E-state index contributed by atoms with van der Waals surface area (Å²) in [6.07, 6.45) is 0. The van der Waals surface area contributed by atoms with Gasteiger partial charge < -0.3 is 9.15 Å². The molecule has 3 aromatic carbocycles. The molecule has 1 unspecified atom stereocenters. The average molecular weight is 490 g/mol. The van der Waals surface area contributed by atoms with Crippen molar-refractivity contribution < 1.29 is 13.9 Å². The molecule has 5 rings (SSSR count). The number of nitrogens with zero attached hydrogens (tertiary/aromatic N) is 1. The Bertz CT molecular complexity index is 1460. The van der Waals surface area contributed by atoms with Crippen LogP contribution in [0.4, 0.5) is 5.69 Å². The number of fused-ring (bicyclic) bond motifs is 2. The maximum atomic E-state index is 13.7. The minimum atomic E-state index is -0.621. The van der Waals surface area contributed by atoms with Crippen LogP contribution in [-0.2, 0) is 0 Å². The summed E-state index contributed by atoms with van der Waals surface area (Å²) < 4.78 is 12.3. The molecule has 1 aliphatic rings.